The monoisotopic (exact) mass is 169 g/mol. The Morgan fingerprint density at radius 3 is 2.67 bits per heavy atom. The third kappa shape index (κ3) is 5.65. The Kier molecular flexibility index (Phi) is 5.97. The van der Waals surface area contributed by atoms with Gasteiger partial charge in [-0.1, -0.05) is 6.08 Å². The maximum absolute atomic E-state index is 10.7. The van der Waals surface area contributed by atoms with Crippen LogP contribution in [0.4, 0.5) is 0 Å². The molecule has 0 aliphatic heterocycles. The van der Waals surface area contributed by atoms with Gasteiger partial charge in [0.2, 0.25) is 0 Å². The summed E-state index contributed by atoms with van der Waals surface area (Å²) in [6, 6.07) is 0. The minimum Gasteiger partial charge on any atom is -0.469 e. The van der Waals surface area contributed by atoms with E-state index in [1.807, 2.05) is 0 Å². The molecule has 1 N–H and O–H groups in total. The van der Waals surface area contributed by atoms with Crippen LogP contribution in [0.5, 0.6) is 0 Å². The second-order valence-electron chi connectivity index (χ2n) is 2.51. The molecule has 0 aromatic rings. The van der Waals surface area contributed by atoms with Gasteiger partial charge in [-0.3, -0.25) is 4.79 Å². The van der Waals surface area contributed by atoms with Crippen molar-refractivity contribution in [3.63, 3.8) is 0 Å². The Hall–Kier alpha value is -1.12. The first-order valence-corrected chi connectivity index (χ1v) is 3.94. The number of allylic oxidation sites excluding steroid dienone is 1. The number of ether oxygens (including phenoxy) is 1. The zero-order chi connectivity index (χ0) is 9.40. The number of carbonyl (C=O) groups is 1. The van der Waals surface area contributed by atoms with Gasteiger partial charge in [0.25, 0.3) is 0 Å². The Labute approximate surface area is 72.9 Å². The smallest absolute Gasteiger partial charge is 0.305 e. The molecule has 0 aliphatic rings. The summed E-state index contributed by atoms with van der Waals surface area (Å²) in [5, 5.41) is 7.40. The summed E-state index contributed by atoms with van der Waals surface area (Å²) in [7, 11) is 1.36. The maximum atomic E-state index is 10.7. The lowest BCUT2D eigenvalue weighted by Gasteiger charge is -2.00. The van der Waals surface area contributed by atoms with Gasteiger partial charge in [-0.2, -0.15) is 0 Å². The highest BCUT2D eigenvalue weighted by Gasteiger charge is 2.02. The van der Waals surface area contributed by atoms with Crippen LogP contribution >= 0.6 is 0 Å². The quantitative estimate of drug-likeness (QED) is 0.375. The highest BCUT2D eigenvalue weighted by atomic mass is 16.5. The van der Waals surface area contributed by atoms with E-state index in [0.717, 1.165) is 6.42 Å². The van der Waals surface area contributed by atoms with E-state index in [2.05, 4.69) is 11.3 Å². The molecule has 0 saturated carbocycles. The molecule has 0 saturated heterocycles. The molecule has 0 rings (SSSR count). The van der Waals surface area contributed by atoms with Gasteiger partial charge in [0.05, 0.1) is 13.5 Å². The molecule has 68 valence electrons. The van der Waals surface area contributed by atoms with E-state index < -0.39 is 0 Å². The van der Waals surface area contributed by atoms with E-state index in [-0.39, 0.29) is 5.97 Å². The van der Waals surface area contributed by atoms with Gasteiger partial charge in [0.15, 0.2) is 0 Å². The predicted molar refractivity (Wildman–Crippen MR) is 48.4 cm³/mol. The second kappa shape index (κ2) is 6.58. The first kappa shape index (κ1) is 10.9. The van der Waals surface area contributed by atoms with E-state index in [9.17, 15) is 4.79 Å². The summed E-state index contributed by atoms with van der Waals surface area (Å²) < 4.78 is 4.45. The molecule has 0 amide bonds. The van der Waals surface area contributed by atoms with Crippen LogP contribution < -0.4 is 0 Å². The molecule has 0 heterocycles. The number of hydrogen-bond donors (Lipinski definition) is 1. The van der Waals surface area contributed by atoms with Crippen molar-refractivity contribution in [2.45, 2.75) is 25.7 Å². The molecule has 0 aromatic carbocycles. The number of esters is 1. The molecule has 0 atom stereocenters. The average molecular weight is 169 g/mol. The van der Waals surface area contributed by atoms with Crippen LogP contribution in [0, 0.1) is 5.41 Å². The molecule has 0 radical (unpaired) electrons. The predicted octanol–water partition coefficient (Wildman–Crippen LogP) is 1.93. The number of rotatable bonds is 6. The van der Waals surface area contributed by atoms with Gasteiger partial charge >= 0.3 is 5.97 Å². The van der Waals surface area contributed by atoms with Gasteiger partial charge in [0, 0.05) is 5.71 Å². The first-order chi connectivity index (χ1) is 5.70. The highest BCUT2D eigenvalue weighted by molar-refractivity contribution is 5.85. The molecular weight excluding hydrogens is 154 g/mol. The van der Waals surface area contributed by atoms with Crippen molar-refractivity contribution in [3.8, 4) is 0 Å². The van der Waals surface area contributed by atoms with Gasteiger partial charge in [-0.15, -0.1) is 6.58 Å². The molecule has 0 aromatic heterocycles. The summed E-state index contributed by atoms with van der Waals surface area (Å²) >= 11 is 0. The second-order valence-corrected chi connectivity index (χ2v) is 2.51. The number of nitrogens with one attached hydrogen (secondary N) is 1. The summed E-state index contributed by atoms with van der Waals surface area (Å²) in [5.74, 6) is -0.252. The zero-order valence-corrected chi connectivity index (χ0v) is 7.43. The van der Waals surface area contributed by atoms with Crippen molar-refractivity contribution in [2.24, 2.45) is 0 Å². The Bertz CT molecular complexity index is 175. The molecule has 0 bridgehead atoms. The normalized spacial score (nSPS) is 9.08. The minimum atomic E-state index is -0.252. The van der Waals surface area contributed by atoms with Crippen LogP contribution in [-0.4, -0.2) is 18.8 Å². The lowest BCUT2D eigenvalue weighted by atomic mass is 10.1. The molecular formula is C9H15NO2. The van der Waals surface area contributed by atoms with Crippen molar-refractivity contribution in [2.75, 3.05) is 7.11 Å². The summed E-state index contributed by atoms with van der Waals surface area (Å²) in [6.07, 6.45) is 4.08. The van der Waals surface area contributed by atoms with Crippen LogP contribution in [0.25, 0.3) is 0 Å². The van der Waals surface area contributed by atoms with Gasteiger partial charge < -0.3 is 10.1 Å². The summed E-state index contributed by atoms with van der Waals surface area (Å²) in [5.41, 5.74) is 0.584. The number of carbonyl (C=O) groups excluding carboxylic acids is 1. The molecule has 0 spiro atoms. The largest absolute Gasteiger partial charge is 0.469 e. The van der Waals surface area contributed by atoms with Crippen LogP contribution in [0.3, 0.4) is 0 Å². The Morgan fingerprint density at radius 1 is 1.50 bits per heavy atom. The minimum absolute atomic E-state index is 0.252. The summed E-state index contributed by atoms with van der Waals surface area (Å²) in [4.78, 5) is 10.7. The summed E-state index contributed by atoms with van der Waals surface area (Å²) in [6.45, 7) is 3.56. The van der Waals surface area contributed by atoms with Crippen LogP contribution in [0.2, 0.25) is 0 Å². The van der Waals surface area contributed by atoms with Crippen molar-refractivity contribution in [3.05, 3.63) is 12.7 Å². The SMILES string of the molecule is C=CCCC(=N)CCC(=O)OC. The number of methoxy groups -OCH3 is 1. The van der Waals surface area contributed by atoms with Gasteiger partial charge in [-0.05, 0) is 19.3 Å². The zero-order valence-electron chi connectivity index (χ0n) is 7.43. The fourth-order valence-corrected chi connectivity index (χ4v) is 0.756. The lowest BCUT2D eigenvalue weighted by Crippen LogP contribution is -2.04. The molecule has 0 unspecified atom stereocenters. The van der Waals surface area contributed by atoms with Crippen molar-refractivity contribution < 1.29 is 9.53 Å². The Balaban J connectivity index is 3.43. The van der Waals surface area contributed by atoms with E-state index in [4.69, 9.17) is 5.41 Å². The van der Waals surface area contributed by atoms with Crippen molar-refractivity contribution in [1.29, 1.82) is 5.41 Å². The van der Waals surface area contributed by atoms with Crippen molar-refractivity contribution >= 4 is 11.7 Å². The number of hydrogen-bond acceptors (Lipinski definition) is 3. The third-order valence-corrected chi connectivity index (χ3v) is 1.51. The van der Waals surface area contributed by atoms with Crippen molar-refractivity contribution in [1.82, 2.24) is 0 Å². The van der Waals surface area contributed by atoms with Gasteiger partial charge in [0.1, 0.15) is 0 Å². The lowest BCUT2D eigenvalue weighted by molar-refractivity contribution is -0.140. The standard InChI is InChI=1S/C9H15NO2/c1-3-4-5-8(10)6-7-9(11)12-2/h3,10H,1,4-7H2,2H3. The van der Waals surface area contributed by atoms with Crippen LogP contribution in [-0.2, 0) is 9.53 Å². The maximum Gasteiger partial charge on any atom is 0.305 e. The van der Waals surface area contributed by atoms with Crippen LogP contribution in [0.1, 0.15) is 25.7 Å². The average Bonchev–Trinajstić information content (AvgIpc) is 2.10. The fourth-order valence-electron chi connectivity index (χ4n) is 0.756. The fraction of sp³-hybridized carbons (Fsp3) is 0.556. The first-order valence-electron chi connectivity index (χ1n) is 3.94. The molecule has 3 heteroatoms. The topological polar surface area (TPSA) is 50.2 Å². The third-order valence-electron chi connectivity index (χ3n) is 1.51. The van der Waals surface area contributed by atoms with Gasteiger partial charge in [-0.25, -0.2) is 0 Å². The Morgan fingerprint density at radius 2 is 2.17 bits per heavy atom. The highest BCUT2D eigenvalue weighted by Crippen LogP contribution is 2.00. The molecule has 0 aliphatic carbocycles. The molecule has 0 fully saturated rings. The van der Waals surface area contributed by atoms with E-state index in [1.165, 1.54) is 7.11 Å². The molecule has 12 heavy (non-hydrogen) atoms. The molecule has 3 nitrogen and oxygen atoms in total. The van der Waals surface area contributed by atoms with E-state index in [1.54, 1.807) is 6.08 Å². The van der Waals surface area contributed by atoms with E-state index >= 15 is 0 Å². The van der Waals surface area contributed by atoms with Crippen LogP contribution in [0.15, 0.2) is 12.7 Å². The van der Waals surface area contributed by atoms with E-state index in [0.29, 0.717) is 25.0 Å².